The van der Waals surface area contributed by atoms with Gasteiger partial charge in [0.05, 0.1) is 20.8 Å². The molecule has 0 spiro atoms. The number of hydrogen-bond donors (Lipinski definition) is 2. The molecule has 1 amide bonds. The van der Waals surface area contributed by atoms with E-state index in [0.717, 1.165) is 0 Å². The number of ether oxygens (including phenoxy) is 3. The molecule has 1 rings (SSSR count). The maximum absolute atomic E-state index is 12.1. The molecule has 0 aliphatic carbocycles. The molecule has 120 valence electrons. The minimum atomic E-state index is -0.456. The van der Waals surface area contributed by atoms with Crippen LogP contribution in [0.3, 0.4) is 0 Å². The zero-order valence-electron chi connectivity index (χ0n) is 12.6. The van der Waals surface area contributed by atoms with Crippen LogP contribution in [0.2, 0.25) is 0 Å². The summed E-state index contributed by atoms with van der Waals surface area (Å²) in [6.07, 6.45) is 0. The van der Waals surface area contributed by atoms with Gasteiger partial charge < -0.3 is 19.5 Å². The normalized spacial score (nSPS) is 9.59. The summed E-state index contributed by atoms with van der Waals surface area (Å²) in [6.45, 7) is 1.87. The van der Waals surface area contributed by atoms with Gasteiger partial charge in [-0.3, -0.25) is 14.9 Å². The van der Waals surface area contributed by atoms with Crippen molar-refractivity contribution in [2.24, 2.45) is 0 Å². The zero-order chi connectivity index (χ0) is 16.5. The fourth-order valence-corrected chi connectivity index (χ4v) is 1.69. The van der Waals surface area contributed by atoms with Crippen LogP contribution in [0.25, 0.3) is 0 Å². The number of amides is 1. The average molecular weight is 326 g/mol. The Bertz CT molecular complexity index is 540. The summed E-state index contributed by atoms with van der Waals surface area (Å²) in [4.78, 5) is 23.3. The van der Waals surface area contributed by atoms with Gasteiger partial charge in [0.25, 0.3) is 5.91 Å². The first-order valence-corrected chi connectivity index (χ1v) is 6.88. The summed E-state index contributed by atoms with van der Waals surface area (Å²) < 4.78 is 14.9. The molecule has 0 radical (unpaired) electrons. The molecular formula is C14H18N2O5S. The van der Waals surface area contributed by atoms with Gasteiger partial charge in [0, 0.05) is 11.6 Å². The number of benzene rings is 1. The van der Waals surface area contributed by atoms with Crippen molar-refractivity contribution in [1.29, 1.82) is 0 Å². The number of methoxy groups -OCH3 is 2. The van der Waals surface area contributed by atoms with Crippen LogP contribution in [0, 0.1) is 0 Å². The van der Waals surface area contributed by atoms with Crippen molar-refractivity contribution in [3.63, 3.8) is 0 Å². The van der Waals surface area contributed by atoms with Gasteiger partial charge in [-0.05, 0) is 31.3 Å². The second-order valence-corrected chi connectivity index (χ2v) is 4.45. The van der Waals surface area contributed by atoms with Crippen LogP contribution in [-0.4, -0.2) is 44.4 Å². The van der Waals surface area contributed by atoms with Gasteiger partial charge in [-0.25, -0.2) is 0 Å². The van der Waals surface area contributed by atoms with Gasteiger partial charge in [0.1, 0.15) is 18.0 Å². The predicted octanol–water partition coefficient (Wildman–Crippen LogP) is 0.871. The molecule has 7 nitrogen and oxygen atoms in total. The Morgan fingerprint density at radius 2 is 1.73 bits per heavy atom. The Balaban J connectivity index is 2.64. The number of rotatable bonds is 6. The molecule has 0 aromatic heterocycles. The molecule has 2 N–H and O–H groups in total. The molecule has 0 heterocycles. The molecule has 22 heavy (non-hydrogen) atoms. The van der Waals surface area contributed by atoms with E-state index in [2.05, 4.69) is 10.6 Å². The topological polar surface area (TPSA) is 85.9 Å². The summed E-state index contributed by atoms with van der Waals surface area (Å²) in [7, 11) is 2.98. The van der Waals surface area contributed by atoms with Gasteiger partial charge in [-0.1, -0.05) is 0 Å². The molecule has 0 saturated heterocycles. The van der Waals surface area contributed by atoms with E-state index in [1.807, 2.05) is 0 Å². The van der Waals surface area contributed by atoms with E-state index in [-0.39, 0.29) is 18.3 Å². The highest BCUT2D eigenvalue weighted by Crippen LogP contribution is 2.22. The van der Waals surface area contributed by atoms with E-state index in [0.29, 0.717) is 17.1 Å². The number of hydrogen-bond acceptors (Lipinski definition) is 6. The third-order valence-corrected chi connectivity index (χ3v) is 2.79. The molecule has 0 saturated carbocycles. The molecule has 1 aromatic rings. The lowest BCUT2D eigenvalue weighted by molar-refractivity contribution is -0.141. The first-order chi connectivity index (χ1) is 10.5. The molecule has 0 aliphatic heterocycles. The van der Waals surface area contributed by atoms with Gasteiger partial charge in [-0.2, -0.15) is 0 Å². The van der Waals surface area contributed by atoms with Crippen LogP contribution >= 0.6 is 12.2 Å². The van der Waals surface area contributed by atoms with Crippen LogP contribution in [0.15, 0.2) is 18.2 Å². The Labute approximate surface area is 133 Å². The van der Waals surface area contributed by atoms with E-state index in [1.54, 1.807) is 25.1 Å². The van der Waals surface area contributed by atoms with Crippen molar-refractivity contribution in [1.82, 2.24) is 10.6 Å². The van der Waals surface area contributed by atoms with Crippen LogP contribution in [0.1, 0.15) is 17.3 Å². The lowest BCUT2D eigenvalue weighted by atomic mass is 10.2. The van der Waals surface area contributed by atoms with Crippen molar-refractivity contribution in [3.05, 3.63) is 23.8 Å². The molecule has 0 bridgehead atoms. The van der Waals surface area contributed by atoms with Crippen LogP contribution in [0.5, 0.6) is 11.5 Å². The molecule has 0 unspecified atom stereocenters. The molecule has 0 aliphatic rings. The summed E-state index contributed by atoms with van der Waals surface area (Å²) in [5.74, 6) is 0.0607. The average Bonchev–Trinajstić information content (AvgIpc) is 2.52. The van der Waals surface area contributed by atoms with E-state index in [1.165, 1.54) is 14.2 Å². The highest BCUT2D eigenvalue weighted by Gasteiger charge is 2.12. The maximum atomic E-state index is 12.1. The predicted molar refractivity (Wildman–Crippen MR) is 84.2 cm³/mol. The summed E-state index contributed by atoms with van der Waals surface area (Å²) in [5, 5.41) is 5.07. The van der Waals surface area contributed by atoms with E-state index in [9.17, 15) is 9.59 Å². The minimum Gasteiger partial charge on any atom is -0.497 e. The quantitative estimate of drug-likeness (QED) is 0.592. The number of carbonyl (C=O) groups is 2. The Morgan fingerprint density at radius 3 is 2.23 bits per heavy atom. The number of esters is 1. The largest absolute Gasteiger partial charge is 0.497 e. The first kappa shape index (κ1) is 17.7. The fraction of sp³-hybridized carbons (Fsp3) is 0.357. The lowest BCUT2D eigenvalue weighted by Gasteiger charge is -2.11. The summed E-state index contributed by atoms with van der Waals surface area (Å²) >= 11 is 4.94. The van der Waals surface area contributed by atoms with Crippen LogP contribution in [0.4, 0.5) is 0 Å². The smallest absolute Gasteiger partial charge is 0.325 e. The van der Waals surface area contributed by atoms with Gasteiger partial charge in [0.15, 0.2) is 5.11 Å². The van der Waals surface area contributed by atoms with Crippen molar-refractivity contribution < 1.29 is 23.8 Å². The van der Waals surface area contributed by atoms with Gasteiger partial charge >= 0.3 is 5.97 Å². The third kappa shape index (κ3) is 5.57. The van der Waals surface area contributed by atoms with Crippen LogP contribution in [-0.2, 0) is 9.53 Å². The van der Waals surface area contributed by atoms with Gasteiger partial charge in [0.2, 0.25) is 0 Å². The first-order valence-electron chi connectivity index (χ1n) is 6.48. The fourth-order valence-electron chi connectivity index (χ4n) is 1.52. The molecule has 0 fully saturated rings. The molecule has 0 atom stereocenters. The SMILES string of the molecule is CCOC(=O)CNC(=S)NC(=O)c1cc(OC)cc(OC)c1. The Morgan fingerprint density at radius 1 is 1.14 bits per heavy atom. The third-order valence-electron chi connectivity index (χ3n) is 2.54. The van der Waals surface area contributed by atoms with E-state index >= 15 is 0 Å². The van der Waals surface area contributed by atoms with Gasteiger partial charge in [-0.15, -0.1) is 0 Å². The summed E-state index contributed by atoms with van der Waals surface area (Å²) in [5.41, 5.74) is 0.316. The Hall–Kier alpha value is -2.35. The highest BCUT2D eigenvalue weighted by molar-refractivity contribution is 7.80. The van der Waals surface area contributed by atoms with Crippen molar-refractivity contribution >= 4 is 29.2 Å². The van der Waals surface area contributed by atoms with Crippen molar-refractivity contribution in [2.45, 2.75) is 6.92 Å². The number of thiocarbonyl (C=S) groups is 1. The maximum Gasteiger partial charge on any atom is 0.325 e. The molecule has 8 heteroatoms. The second kappa shape index (κ2) is 8.83. The van der Waals surface area contributed by atoms with Crippen molar-refractivity contribution in [3.8, 4) is 11.5 Å². The highest BCUT2D eigenvalue weighted by atomic mass is 32.1. The monoisotopic (exact) mass is 326 g/mol. The number of carbonyl (C=O) groups excluding carboxylic acids is 2. The van der Waals surface area contributed by atoms with Crippen molar-refractivity contribution in [2.75, 3.05) is 27.4 Å². The molecule has 1 aromatic carbocycles. The zero-order valence-corrected chi connectivity index (χ0v) is 13.4. The standard InChI is InChI=1S/C14H18N2O5S/c1-4-21-12(17)8-15-14(22)16-13(18)9-5-10(19-2)7-11(6-9)20-3/h5-7H,4,8H2,1-3H3,(H2,15,16,18,22). The Kier molecular flexibility index (Phi) is 7.11. The summed E-state index contributed by atoms with van der Waals surface area (Å²) in [6, 6.07) is 4.74. The van der Waals surface area contributed by atoms with E-state index < -0.39 is 11.9 Å². The minimum absolute atomic E-state index is 0.0276. The van der Waals surface area contributed by atoms with Crippen LogP contribution < -0.4 is 20.1 Å². The molecular weight excluding hydrogens is 308 g/mol. The number of nitrogens with one attached hydrogen (secondary N) is 2. The van der Waals surface area contributed by atoms with E-state index in [4.69, 9.17) is 26.4 Å². The lowest BCUT2D eigenvalue weighted by Crippen LogP contribution is -2.41. The second-order valence-electron chi connectivity index (χ2n) is 4.04.